The summed E-state index contributed by atoms with van der Waals surface area (Å²) >= 11 is 0. The second-order valence-electron chi connectivity index (χ2n) is 4.54. The maximum Gasteiger partial charge on any atom is 0.122 e. The van der Waals surface area contributed by atoms with Crippen LogP contribution in [-0.2, 0) is 0 Å². The Morgan fingerprint density at radius 1 is 1.53 bits per heavy atom. The van der Waals surface area contributed by atoms with Crippen LogP contribution < -0.4 is 11.3 Å². The van der Waals surface area contributed by atoms with Gasteiger partial charge in [0.05, 0.1) is 12.3 Å². The van der Waals surface area contributed by atoms with Crippen LogP contribution in [0.25, 0.3) is 0 Å². The molecule has 3 N–H and O–H groups in total. The van der Waals surface area contributed by atoms with Crippen molar-refractivity contribution in [2.75, 3.05) is 0 Å². The molecule has 1 fully saturated rings. The minimum absolute atomic E-state index is 0.167. The highest BCUT2D eigenvalue weighted by molar-refractivity contribution is 5.10. The molecule has 0 radical (unpaired) electrons. The molecule has 3 heteroatoms. The first kappa shape index (κ1) is 10.7. The molecule has 1 unspecified atom stereocenters. The Labute approximate surface area is 91.0 Å². The zero-order chi connectivity index (χ0) is 10.7. The van der Waals surface area contributed by atoms with Crippen LogP contribution in [0.3, 0.4) is 0 Å². The normalized spacial score (nSPS) is 21.7. The number of rotatable bonds is 4. The summed E-state index contributed by atoms with van der Waals surface area (Å²) in [6.07, 6.45) is 8.00. The van der Waals surface area contributed by atoms with Gasteiger partial charge in [-0.2, -0.15) is 0 Å². The number of furan rings is 1. The predicted octanol–water partition coefficient (Wildman–Crippen LogP) is 2.75. The van der Waals surface area contributed by atoms with E-state index in [1.165, 1.54) is 25.7 Å². The van der Waals surface area contributed by atoms with Crippen molar-refractivity contribution in [2.45, 2.75) is 45.1 Å². The van der Waals surface area contributed by atoms with Gasteiger partial charge in [0.25, 0.3) is 0 Å². The van der Waals surface area contributed by atoms with Gasteiger partial charge in [-0.15, -0.1) is 0 Å². The molecule has 1 heterocycles. The summed E-state index contributed by atoms with van der Waals surface area (Å²) in [5.41, 5.74) is 3.24. The molecule has 0 saturated heterocycles. The first-order chi connectivity index (χ1) is 7.32. The van der Waals surface area contributed by atoms with Crippen LogP contribution in [0.1, 0.15) is 50.8 Å². The molecule has 84 valence electrons. The Morgan fingerprint density at radius 3 is 2.73 bits per heavy atom. The van der Waals surface area contributed by atoms with Crippen molar-refractivity contribution in [2.24, 2.45) is 11.3 Å². The molecule has 0 spiro atoms. The summed E-state index contributed by atoms with van der Waals surface area (Å²) in [5.74, 6) is 6.67. The zero-order valence-corrected chi connectivity index (χ0v) is 9.33. The first-order valence-corrected chi connectivity index (χ1v) is 5.82. The Bertz CT molecular complexity index is 289. The van der Waals surface area contributed by atoms with Gasteiger partial charge in [-0.3, -0.25) is 5.84 Å². The van der Waals surface area contributed by atoms with Gasteiger partial charge in [-0.25, -0.2) is 5.43 Å². The van der Waals surface area contributed by atoms with Crippen LogP contribution >= 0.6 is 0 Å². The van der Waals surface area contributed by atoms with Crippen molar-refractivity contribution in [3.05, 3.63) is 24.2 Å². The summed E-state index contributed by atoms with van der Waals surface area (Å²) < 4.78 is 5.48. The lowest BCUT2D eigenvalue weighted by atomic mass is 9.75. The topological polar surface area (TPSA) is 51.2 Å². The van der Waals surface area contributed by atoms with Gasteiger partial charge < -0.3 is 4.42 Å². The summed E-state index contributed by atoms with van der Waals surface area (Å²) in [6, 6.07) is 4.11. The summed E-state index contributed by atoms with van der Waals surface area (Å²) in [4.78, 5) is 0. The van der Waals surface area contributed by atoms with Gasteiger partial charge in [0.15, 0.2) is 0 Å². The second kappa shape index (κ2) is 4.37. The minimum Gasteiger partial charge on any atom is -0.468 e. The van der Waals surface area contributed by atoms with E-state index in [1.54, 1.807) is 6.26 Å². The lowest BCUT2D eigenvalue weighted by Crippen LogP contribution is -2.39. The molecule has 0 aromatic carbocycles. The lowest BCUT2D eigenvalue weighted by Gasteiger charge is -2.35. The van der Waals surface area contributed by atoms with Gasteiger partial charge in [-0.05, 0) is 36.8 Å². The molecule has 1 atom stereocenters. The van der Waals surface area contributed by atoms with E-state index in [0.29, 0.717) is 5.41 Å². The molecule has 0 bridgehead atoms. The average molecular weight is 208 g/mol. The van der Waals surface area contributed by atoms with Gasteiger partial charge >= 0.3 is 0 Å². The van der Waals surface area contributed by atoms with E-state index >= 15 is 0 Å². The van der Waals surface area contributed by atoms with E-state index in [-0.39, 0.29) is 6.04 Å². The second-order valence-corrected chi connectivity index (χ2v) is 4.54. The Balaban J connectivity index is 2.24. The molecular weight excluding hydrogens is 188 g/mol. The van der Waals surface area contributed by atoms with Crippen LogP contribution in [0.5, 0.6) is 0 Å². The van der Waals surface area contributed by atoms with Crippen molar-refractivity contribution in [1.82, 2.24) is 5.43 Å². The maximum atomic E-state index is 5.69. The number of hydrogen-bond acceptors (Lipinski definition) is 3. The van der Waals surface area contributed by atoms with Crippen molar-refractivity contribution < 1.29 is 4.42 Å². The number of hydrogen-bond donors (Lipinski definition) is 2. The Morgan fingerprint density at radius 2 is 2.27 bits per heavy atom. The van der Waals surface area contributed by atoms with Crippen LogP contribution in [0.15, 0.2) is 22.8 Å². The summed E-state index contributed by atoms with van der Waals surface area (Å²) in [5, 5.41) is 0. The largest absolute Gasteiger partial charge is 0.468 e. The number of nitrogens with two attached hydrogens (primary N) is 1. The average Bonchev–Trinajstić information content (AvgIpc) is 2.90. The third-order valence-electron chi connectivity index (χ3n) is 3.91. The smallest absolute Gasteiger partial charge is 0.122 e. The molecule has 1 aromatic heterocycles. The van der Waals surface area contributed by atoms with Gasteiger partial charge in [0.2, 0.25) is 0 Å². The Kier molecular flexibility index (Phi) is 3.12. The lowest BCUT2D eigenvalue weighted by molar-refractivity contribution is 0.166. The van der Waals surface area contributed by atoms with Crippen LogP contribution in [0.2, 0.25) is 0 Å². The third kappa shape index (κ3) is 1.82. The molecule has 1 saturated carbocycles. The number of nitrogens with one attached hydrogen (secondary N) is 1. The highest BCUT2D eigenvalue weighted by Gasteiger charge is 2.41. The van der Waals surface area contributed by atoms with Crippen molar-refractivity contribution in [3.8, 4) is 0 Å². The fourth-order valence-corrected chi connectivity index (χ4v) is 2.94. The van der Waals surface area contributed by atoms with Crippen LogP contribution in [0, 0.1) is 5.41 Å². The molecule has 1 aromatic rings. The molecule has 3 nitrogen and oxygen atoms in total. The molecule has 1 aliphatic rings. The van der Waals surface area contributed by atoms with Crippen molar-refractivity contribution >= 4 is 0 Å². The molecule has 2 rings (SSSR count). The maximum absolute atomic E-state index is 5.69. The summed E-state index contributed by atoms with van der Waals surface area (Å²) in [6.45, 7) is 2.25. The van der Waals surface area contributed by atoms with Crippen LogP contribution in [0.4, 0.5) is 0 Å². The highest BCUT2D eigenvalue weighted by Crippen LogP contribution is 2.49. The monoisotopic (exact) mass is 208 g/mol. The van der Waals surface area contributed by atoms with E-state index in [1.807, 2.05) is 12.1 Å². The van der Waals surface area contributed by atoms with Gasteiger partial charge in [-0.1, -0.05) is 19.8 Å². The molecule has 0 amide bonds. The molecule has 1 aliphatic carbocycles. The molecule has 0 aliphatic heterocycles. The quantitative estimate of drug-likeness (QED) is 0.591. The molecular formula is C12H20N2O. The van der Waals surface area contributed by atoms with E-state index in [4.69, 9.17) is 10.3 Å². The fraction of sp³-hybridized carbons (Fsp3) is 0.667. The third-order valence-corrected chi connectivity index (χ3v) is 3.91. The minimum atomic E-state index is 0.167. The fourth-order valence-electron chi connectivity index (χ4n) is 2.94. The Hall–Kier alpha value is -0.800. The number of hydrazine groups is 1. The zero-order valence-electron chi connectivity index (χ0n) is 9.33. The van der Waals surface area contributed by atoms with E-state index in [2.05, 4.69) is 12.3 Å². The van der Waals surface area contributed by atoms with Gasteiger partial charge in [0.1, 0.15) is 5.76 Å². The first-order valence-electron chi connectivity index (χ1n) is 5.82. The standard InChI is InChI=1S/C12H20N2O/c1-2-12(7-3-4-8-12)11(14-13)10-6-5-9-15-10/h5-6,9,11,14H,2-4,7-8,13H2,1H3. The summed E-state index contributed by atoms with van der Waals surface area (Å²) in [7, 11) is 0. The van der Waals surface area contributed by atoms with E-state index in [0.717, 1.165) is 12.2 Å². The highest BCUT2D eigenvalue weighted by atomic mass is 16.3. The molecule has 15 heavy (non-hydrogen) atoms. The predicted molar refractivity (Wildman–Crippen MR) is 60.0 cm³/mol. The van der Waals surface area contributed by atoms with E-state index < -0.39 is 0 Å². The van der Waals surface area contributed by atoms with Crippen LogP contribution in [-0.4, -0.2) is 0 Å². The van der Waals surface area contributed by atoms with Crippen molar-refractivity contribution in [3.63, 3.8) is 0 Å². The SMILES string of the molecule is CCC1(C(NN)c2ccco2)CCCC1. The van der Waals surface area contributed by atoms with E-state index in [9.17, 15) is 0 Å². The van der Waals surface area contributed by atoms with Crippen molar-refractivity contribution in [1.29, 1.82) is 0 Å². The van der Waals surface area contributed by atoms with Gasteiger partial charge in [0, 0.05) is 0 Å².